The van der Waals surface area contributed by atoms with Crippen LogP contribution in [0.2, 0.25) is 0 Å². The van der Waals surface area contributed by atoms with Gasteiger partial charge in [0.1, 0.15) is 5.82 Å². The van der Waals surface area contributed by atoms with Crippen molar-refractivity contribution in [2.75, 3.05) is 25.0 Å². The summed E-state index contributed by atoms with van der Waals surface area (Å²) in [6.07, 6.45) is -0.0654. The first-order valence-electron chi connectivity index (χ1n) is 8.49. The maximum absolute atomic E-state index is 12.9. The van der Waals surface area contributed by atoms with Gasteiger partial charge in [0.15, 0.2) is 0 Å². The number of hydrogen-bond donors (Lipinski definition) is 3. The van der Waals surface area contributed by atoms with E-state index in [-0.39, 0.29) is 35.4 Å². The lowest BCUT2D eigenvalue weighted by Gasteiger charge is -2.16. The van der Waals surface area contributed by atoms with Crippen molar-refractivity contribution >= 4 is 29.8 Å². The minimum absolute atomic E-state index is 0. The summed E-state index contributed by atoms with van der Waals surface area (Å²) in [5, 5.41) is 8.84. The van der Waals surface area contributed by atoms with Crippen molar-refractivity contribution in [3.63, 3.8) is 0 Å². The summed E-state index contributed by atoms with van der Waals surface area (Å²) in [5.74, 6) is -0.134. The molecule has 2 heterocycles. The topological polar surface area (TPSA) is 66.0 Å². The first kappa shape index (κ1) is 21.7. The van der Waals surface area contributed by atoms with E-state index in [0.29, 0.717) is 6.54 Å². The maximum Gasteiger partial charge on any atom is 0.416 e. The Morgan fingerprint density at radius 2 is 2.04 bits per heavy atom. The molecule has 1 aromatic heterocycles. The standard InChI is InChI=1S/C19H19F3N4O.ClH/c20-19(21,22)14-3-1-4-15(11-14)26-17-16(5-2-8-24-17)18(27)25-12-13-6-9-23-10-7-13;/h1-6,8,11,23H,7,9-10,12H2,(H,24,26)(H,25,27);1H. The molecule has 1 aliphatic rings. The number of benzene rings is 1. The van der Waals surface area contributed by atoms with Crippen molar-refractivity contribution in [3.05, 3.63) is 65.4 Å². The fourth-order valence-electron chi connectivity index (χ4n) is 2.72. The molecule has 0 bridgehead atoms. The highest BCUT2D eigenvalue weighted by Crippen LogP contribution is 2.31. The minimum Gasteiger partial charge on any atom is -0.348 e. The summed E-state index contributed by atoms with van der Waals surface area (Å²) in [6.45, 7) is 2.08. The number of hydrogen-bond acceptors (Lipinski definition) is 4. The third-order valence-corrected chi connectivity index (χ3v) is 4.14. The molecule has 9 heteroatoms. The molecule has 28 heavy (non-hydrogen) atoms. The minimum atomic E-state index is -4.44. The van der Waals surface area contributed by atoms with E-state index in [0.717, 1.165) is 37.2 Å². The van der Waals surface area contributed by atoms with Crippen molar-refractivity contribution in [3.8, 4) is 0 Å². The second kappa shape index (κ2) is 9.57. The van der Waals surface area contributed by atoms with Crippen LogP contribution in [0.3, 0.4) is 0 Å². The number of amides is 1. The van der Waals surface area contributed by atoms with Gasteiger partial charge < -0.3 is 16.0 Å². The molecule has 0 radical (unpaired) electrons. The smallest absolute Gasteiger partial charge is 0.348 e. The van der Waals surface area contributed by atoms with Crippen LogP contribution in [0, 0.1) is 0 Å². The summed E-state index contributed by atoms with van der Waals surface area (Å²) in [5.41, 5.74) is 0.841. The number of anilines is 2. The van der Waals surface area contributed by atoms with Crippen molar-refractivity contribution < 1.29 is 18.0 Å². The maximum atomic E-state index is 12.9. The van der Waals surface area contributed by atoms with Crippen molar-refractivity contribution in [1.29, 1.82) is 0 Å². The van der Waals surface area contributed by atoms with E-state index in [2.05, 4.69) is 20.9 Å². The lowest BCUT2D eigenvalue weighted by Crippen LogP contribution is -2.30. The van der Waals surface area contributed by atoms with Crippen LogP contribution in [0.5, 0.6) is 0 Å². The molecule has 0 atom stereocenters. The van der Waals surface area contributed by atoms with Crippen LogP contribution in [0.1, 0.15) is 22.3 Å². The Morgan fingerprint density at radius 1 is 1.21 bits per heavy atom. The molecule has 3 rings (SSSR count). The molecule has 0 saturated heterocycles. The second-order valence-corrected chi connectivity index (χ2v) is 6.10. The largest absolute Gasteiger partial charge is 0.416 e. The van der Waals surface area contributed by atoms with Gasteiger partial charge in [-0.2, -0.15) is 13.2 Å². The van der Waals surface area contributed by atoms with E-state index < -0.39 is 11.7 Å². The molecule has 5 nitrogen and oxygen atoms in total. The number of nitrogens with one attached hydrogen (secondary N) is 3. The van der Waals surface area contributed by atoms with Gasteiger partial charge in [0.2, 0.25) is 0 Å². The Hall–Kier alpha value is -2.58. The highest BCUT2D eigenvalue weighted by Gasteiger charge is 2.30. The number of pyridine rings is 1. The van der Waals surface area contributed by atoms with Crippen LogP contribution in [-0.4, -0.2) is 30.5 Å². The van der Waals surface area contributed by atoms with Crippen molar-refractivity contribution in [1.82, 2.24) is 15.6 Å². The highest BCUT2D eigenvalue weighted by molar-refractivity contribution is 5.99. The van der Waals surface area contributed by atoms with E-state index in [1.165, 1.54) is 18.3 Å². The number of aromatic nitrogens is 1. The zero-order chi connectivity index (χ0) is 19.3. The lowest BCUT2D eigenvalue weighted by molar-refractivity contribution is -0.137. The quantitative estimate of drug-likeness (QED) is 0.651. The Morgan fingerprint density at radius 3 is 2.75 bits per heavy atom. The molecular formula is C19H20ClF3N4O. The van der Waals surface area contributed by atoms with Gasteiger partial charge in [-0.3, -0.25) is 4.79 Å². The van der Waals surface area contributed by atoms with Gasteiger partial charge in [0.25, 0.3) is 5.91 Å². The summed E-state index contributed by atoms with van der Waals surface area (Å²) in [4.78, 5) is 16.6. The predicted octanol–water partition coefficient (Wildman–Crippen LogP) is 3.92. The monoisotopic (exact) mass is 412 g/mol. The molecule has 150 valence electrons. The molecule has 0 saturated carbocycles. The van der Waals surface area contributed by atoms with Crippen LogP contribution in [0.15, 0.2) is 54.2 Å². The number of rotatable bonds is 5. The molecule has 1 aliphatic heterocycles. The SMILES string of the molecule is Cl.O=C(NCC1=CCNCC1)c1cccnc1Nc1cccc(C(F)(F)F)c1. The molecule has 0 fully saturated rings. The van der Waals surface area contributed by atoms with Gasteiger partial charge in [-0.25, -0.2) is 4.98 Å². The van der Waals surface area contributed by atoms with Crippen LogP contribution < -0.4 is 16.0 Å². The Labute approximate surface area is 166 Å². The lowest BCUT2D eigenvalue weighted by atomic mass is 10.1. The average Bonchev–Trinajstić information content (AvgIpc) is 2.67. The zero-order valence-corrected chi connectivity index (χ0v) is 15.7. The average molecular weight is 413 g/mol. The summed E-state index contributed by atoms with van der Waals surface area (Å²) in [6, 6.07) is 7.95. The Bertz CT molecular complexity index is 855. The number of alkyl halides is 3. The van der Waals surface area contributed by atoms with E-state index >= 15 is 0 Å². The molecule has 0 unspecified atom stereocenters. The van der Waals surface area contributed by atoms with Crippen molar-refractivity contribution in [2.24, 2.45) is 0 Å². The summed E-state index contributed by atoms with van der Waals surface area (Å²) < 4.78 is 38.6. The third kappa shape index (κ3) is 5.71. The van der Waals surface area contributed by atoms with Gasteiger partial charge in [-0.15, -0.1) is 12.4 Å². The van der Waals surface area contributed by atoms with E-state index in [4.69, 9.17) is 0 Å². The molecule has 2 aromatic rings. The molecular weight excluding hydrogens is 393 g/mol. The van der Waals surface area contributed by atoms with E-state index in [1.807, 2.05) is 6.08 Å². The molecule has 0 aliphatic carbocycles. The van der Waals surface area contributed by atoms with Gasteiger partial charge in [-0.05, 0) is 43.3 Å². The first-order valence-corrected chi connectivity index (χ1v) is 8.49. The Kier molecular flexibility index (Phi) is 7.42. The normalized spacial score (nSPS) is 13.9. The fraction of sp³-hybridized carbons (Fsp3) is 0.263. The molecule has 3 N–H and O–H groups in total. The Balaban J connectivity index is 0.00000280. The van der Waals surface area contributed by atoms with Gasteiger partial charge in [0, 0.05) is 25.0 Å². The first-order chi connectivity index (χ1) is 12.9. The number of carbonyl (C=O) groups is 1. The van der Waals surface area contributed by atoms with Crippen molar-refractivity contribution in [2.45, 2.75) is 12.6 Å². The van der Waals surface area contributed by atoms with Gasteiger partial charge in [-0.1, -0.05) is 17.7 Å². The van der Waals surface area contributed by atoms with Gasteiger partial charge >= 0.3 is 6.18 Å². The summed E-state index contributed by atoms with van der Waals surface area (Å²) >= 11 is 0. The molecule has 0 spiro atoms. The number of nitrogens with zero attached hydrogens (tertiary/aromatic N) is 1. The zero-order valence-electron chi connectivity index (χ0n) is 14.8. The van der Waals surface area contributed by atoms with Crippen LogP contribution in [0.25, 0.3) is 0 Å². The number of carbonyl (C=O) groups excluding carboxylic acids is 1. The van der Waals surface area contributed by atoms with Crippen LogP contribution in [0.4, 0.5) is 24.7 Å². The third-order valence-electron chi connectivity index (χ3n) is 4.14. The van der Waals surface area contributed by atoms with Crippen LogP contribution in [-0.2, 0) is 6.18 Å². The van der Waals surface area contributed by atoms with E-state index in [1.54, 1.807) is 12.1 Å². The second-order valence-electron chi connectivity index (χ2n) is 6.10. The summed E-state index contributed by atoms with van der Waals surface area (Å²) in [7, 11) is 0. The van der Waals surface area contributed by atoms with E-state index in [9.17, 15) is 18.0 Å². The predicted molar refractivity (Wildman–Crippen MR) is 104 cm³/mol. The highest BCUT2D eigenvalue weighted by atomic mass is 35.5. The fourth-order valence-corrected chi connectivity index (χ4v) is 2.72. The van der Waals surface area contributed by atoms with Crippen LogP contribution >= 0.6 is 12.4 Å². The van der Waals surface area contributed by atoms with Gasteiger partial charge in [0.05, 0.1) is 11.1 Å². The number of halogens is 4. The molecule has 1 aromatic carbocycles. The molecule has 1 amide bonds.